The molecule has 1 unspecified atom stereocenters. The van der Waals surface area contributed by atoms with Gasteiger partial charge in [-0.15, -0.1) is 0 Å². The molecule has 0 spiro atoms. The van der Waals surface area contributed by atoms with Crippen molar-refractivity contribution in [2.24, 2.45) is 0 Å². The van der Waals surface area contributed by atoms with Gasteiger partial charge in [0.25, 0.3) is 5.56 Å². The molecule has 0 bridgehead atoms. The number of aromatic nitrogens is 5. The van der Waals surface area contributed by atoms with Gasteiger partial charge < -0.3 is 4.90 Å². The molecule has 1 atom stereocenters. The number of rotatable bonds is 4. The molecule has 29 heavy (non-hydrogen) atoms. The SMILES string of the molecule is N#Cc1cc2c(nc1N1CCCC1Cn1nc(-n3ccnc3)ccc1=O)CCC2. The fourth-order valence-corrected chi connectivity index (χ4v) is 4.37. The smallest absolute Gasteiger partial charge is 0.266 e. The highest BCUT2D eigenvalue weighted by atomic mass is 16.1. The van der Waals surface area contributed by atoms with Crippen molar-refractivity contribution in [3.8, 4) is 11.9 Å². The average Bonchev–Trinajstić information content (AvgIpc) is 3.50. The number of fused-ring (bicyclic) bond motifs is 1. The largest absolute Gasteiger partial charge is 0.351 e. The zero-order chi connectivity index (χ0) is 19.8. The first kappa shape index (κ1) is 17.6. The molecule has 2 aliphatic rings. The van der Waals surface area contributed by atoms with E-state index >= 15 is 0 Å². The molecule has 8 heteroatoms. The summed E-state index contributed by atoms with van der Waals surface area (Å²) in [6, 6.07) is 7.65. The van der Waals surface area contributed by atoms with Crippen LogP contribution in [-0.4, -0.2) is 36.9 Å². The lowest BCUT2D eigenvalue weighted by molar-refractivity contribution is 0.484. The number of aryl methyl sites for hydroxylation is 2. The summed E-state index contributed by atoms with van der Waals surface area (Å²) in [7, 11) is 0. The van der Waals surface area contributed by atoms with Crippen LogP contribution >= 0.6 is 0 Å². The zero-order valence-corrected chi connectivity index (χ0v) is 16.0. The molecule has 8 nitrogen and oxygen atoms in total. The van der Waals surface area contributed by atoms with Crippen molar-refractivity contribution in [2.45, 2.75) is 44.7 Å². The number of pyridine rings is 1. The number of nitrogens with zero attached hydrogens (tertiary/aromatic N) is 7. The second kappa shape index (κ2) is 7.17. The molecule has 1 saturated heterocycles. The van der Waals surface area contributed by atoms with Crippen LogP contribution < -0.4 is 10.5 Å². The van der Waals surface area contributed by atoms with Crippen molar-refractivity contribution >= 4 is 5.82 Å². The highest BCUT2D eigenvalue weighted by molar-refractivity contribution is 5.58. The lowest BCUT2D eigenvalue weighted by Crippen LogP contribution is -2.38. The highest BCUT2D eigenvalue weighted by Gasteiger charge is 2.30. The predicted octanol–water partition coefficient (Wildman–Crippen LogP) is 1.85. The summed E-state index contributed by atoms with van der Waals surface area (Å²) in [4.78, 5) is 23.5. The highest BCUT2D eigenvalue weighted by Crippen LogP contribution is 2.31. The fraction of sp³-hybridized carbons (Fsp3) is 0.381. The Morgan fingerprint density at radius 2 is 2.17 bits per heavy atom. The lowest BCUT2D eigenvalue weighted by atomic mass is 10.1. The second-order valence-corrected chi connectivity index (χ2v) is 7.60. The van der Waals surface area contributed by atoms with E-state index < -0.39 is 0 Å². The molecule has 4 heterocycles. The van der Waals surface area contributed by atoms with E-state index in [2.05, 4.69) is 21.1 Å². The van der Waals surface area contributed by atoms with Crippen molar-refractivity contribution in [1.82, 2.24) is 24.3 Å². The lowest BCUT2D eigenvalue weighted by Gasteiger charge is -2.27. The van der Waals surface area contributed by atoms with E-state index in [0.29, 0.717) is 17.9 Å². The summed E-state index contributed by atoms with van der Waals surface area (Å²) in [5.74, 6) is 1.41. The first-order valence-corrected chi connectivity index (χ1v) is 9.99. The first-order chi connectivity index (χ1) is 14.2. The first-order valence-electron chi connectivity index (χ1n) is 9.99. The molecule has 1 aliphatic heterocycles. The minimum Gasteiger partial charge on any atom is -0.351 e. The number of hydrogen-bond acceptors (Lipinski definition) is 6. The van der Waals surface area contributed by atoms with E-state index in [-0.39, 0.29) is 11.6 Å². The maximum Gasteiger partial charge on any atom is 0.266 e. The van der Waals surface area contributed by atoms with Crippen LogP contribution in [-0.2, 0) is 19.4 Å². The number of imidazole rings is 1. The molecule has 3 aromatic heterocycles. The van der Waals surface area contributed by atoms with Crippen molar-refractivity contribution in [1.29, 1.82) is 5.26 Å². The number of anilines is 1. The van der Waals surface area contributed by atoms with Crippen LogP contribution in [0.3, 0.4) is 0 Å². The van der Waals surface area contributed by atoms with E-state index in [0.717, 1.165) is 50.2 Å². The molecule has 1 fully saturated rings. The van der Waals surface area contributed by atoms with Crippen molar-refractivity contribution in [3.63, 3.8) is 0 Å². The molecule has 0 aromatic carbocycles. The van der Waals surface area contributed by atoms with Gasteiger partial charge in [0.2, 0.25) is 0 Å². The summed E-state index contributed by atoms with van der Waals surface area (Å²) in [5, 5.41) is 14.2. The third kappa shape index (κ3) is 3.18. The normalized spacial score (nSPS) is 18.0. The summed E-state index contributed by atoms with van der Waals surface area (Å²) in [6.07, 6.45) is 10.2. The number of nitriles is 1. The third-order valence-corrected chi connectivity index (χ3v) is 5.81. The van der Waals surface area contributed by atoms with Crippen molar-refractivity contribution in [2.75, 3.05) is 11.4 Å². The van der Waals surface area contributed by atoms with E-state index in [1.807, 2.05) is 6.07 Å². The zero-order valence-electron chi connectivity index (χ0n) is 16.0. The Labute approximate surface area is 168 Å². The predicted molar refractivity (Wildman–Crippen MR) is 107 cm³/mol. The van der Waals surface area contributed by atoms with Crippen LogP contribution in [0.25, 0.3) is 5.82 Å². The molecule has 0 amide bonds. The Balaban J connectivity index is 1.47. The van der Waals surface area contributed by atoms with Crippen LogP contribution in [0, 0.1) is 11.3 Å². The van der Waals surface area contributed by atoms with E-state index in [4.69, 9.17) is 4.98 Å². The summed E-state index contributed by atoms with van der Waals surface area (Å²) >= 11 is 0. The molecule has 146 valence electrons. The van der Waals surface area contributed by atoms with Crippen LogP contribution in [0.4, 0.5) is 5.82 Å². The van der Waals surface area contributed by atoms with E-state index in [1.165, 1.54) is 16.3 Å². The molecular formula is C21H21N7O. The van der Waals surface area contributed by atoms with Gasteiger partial charge in [0.15, 0.2) is 5.82 Å². The Bertz CT molecular complexity index is 1140. The Morgan fingerprint density at radius 1 is 1.24 bits per heavy atom. The van der Waals surface area contributed by atoms with Gasteiger partial charge in [0.05, 0.1) is 18.2 Å². The fourth-order valence-electron chi connectivity index (χ4n) is 4.37. The molecule has 3 aromatic rings. The molecule has 5 rings (SSSR count). The maximum absolute atomic E-state index is 12.4. The second-order valence-electron chi connectivity index (χ2n) is 7.60. The van der Waals surface area contributed by atoms with Crippen LogP contribution in [0.15, 0.2) is 41.7 Å². The van der Waals surface area contributed by atoms with Gasteiger partial charge in [-0.25, -0.2) is 14.6 Å². The molecule has 1 aliphatic carbocycles. The van der Waals surface area contributed by atoms with E-state index in [1.54, 1.807) is 29.4 Å². The van der Waals surface area contributed by atoms with Crippen molar-refractivity contribution in [3.05, 3.63) is 64.1 Å². The topological polar surface area (TPSA) is 92.6 Å². The average molecular weight is 387 g/mol. The van der Waals surface area contributed by atoms with Gasteiger partial charge in [-0.2, -0.15) is 10.4 Å². The molecule has 0 radical (unpaired) electrons. The maximum atomic E-state index is 12.4. The van der Waals surface area contributed by atoms with E-state index in [9.17, 15) is 10.1 Å². The van der Waals surface area contributed by atoms with Gasteiger partial charge in [-0.1, -0.05) is 0 Å². The minimum absolute atomic E-state index is 0.0808. The van der Waals surface area contributed by atoms with Crippen molar-refractivity contribution < 1.29 is 0 Å². The molecule has 0 saturated carbocycles. The monoisotopic (exact) mass is 387 g/mol. The Hall–Kier alpha value is -3.47. The van der Waals surface area contributed by atoms with Gasteiger partial charge in [-0.3, -0.25) is 9.36 Å². The Morgan fingerprint density at radius 3 is 3.00 bits per heavy atom. The van der Waals surface area contributed by atoms with Crippen LogP contribution in [0.5, 0.6) is 0 Å². The minimum atomic E-state index is -0.136. The molecular weight excluding hydrogens is 366 g/mol. The van der Waals surface area contributed by atoms with Gasteiger partial charge >= 0.3 is 0 Å². The van der Waals surface area contributed by atoms with Crippen LogP contribution in [0.1, 0.15) is 36.1 Å². The standard InChI is InChI=1S/C21H21N7O/c22-12-16-11-15-3-1-5-18(15)24-21(16)27-9-2-4-17(27)13-28-20(29)7-6-19(25-28)26-10-8-23-14-26/h6-8,10-11,14,17H,1-5,9,13H2. The van der Waals surface area contributed by atoms with Gasteiger partial charge in [0, 0.05) is 30.7 Å². The van der Waals surface area contributed by atoms with Gasteiger partial charge in [0.1, 0.15) is 18.2 Å². The summed E-state index contributed by atoms with van der Waals surface area (Å²) < 4.78 is 3.29. The number of hydrogen-bond donors (Lipinski definition) is 0. The summed E-state index contributed by atoms with van der Waals surface area (Å²) in [5.41, 5.74) is 2.81. The third-order valence-electron chi connectivity index (χ3n) is 5.81. The summed E-state index contributed by atoms with van der Waals surface area (Å²) in [6.45, 7) is 1.30. The van der Waals surface area contributed by atoms with Gasteiger partial charge in [-0.05, 0) is 49.8 Å². The quantitative estimate of drug-likeness (QED) is 0.678. The molecule has 0 N–H and O–H groups in total. The Kier molecular flexibility index (Phi) is 4.35. The van der Waals surface area contributed by atoms with Crippen LogP contribution in [0.2, 0.25) is 0 Å².